The Hall–Kier alpha value is -2.90. The van der Waals surface area contributed by atoms with Crippen LogP contribution in [-0.2, 0) is 16.7 Å². The molecule has 0 unspecified atom stereocenters. The largest absolute Gasteiger partial charge is 0.312 e. The lowest BCUT2D eigenvalue weighted by Crippen LogP contribution is -2.49. The van der Waals surface area contributed by atoms with E-state index in [0.717, 1.165) is 0 Å². The van der Waals surface area contributed by atoms with Crippen LogP contribution in [0.25, 0.3) is 0 Å². The second kappa shape index (κ2) is 7.85. The highest BCUT2D eigenvalue weighted by Gasteiger charge is 2.34. The summed E-state index contributed by atoms with van der Waals surface area (Å²) in [5.41, 5.74) is 0.278. The van der Waals surface area contributed by atoms with Crippen molar-refractivity contribution in [2.45, 2.75) is 25.4 Å². The topological polar surface area (TPSA) is 145 Å². The summed E-state index contributed by atoms with van der Waals surface area (Å²) in [4.78, 5) is 22.7. The molecular weight excluding hydrogens is 404 g/mol. The molecule has 1 fully saturated rings. The molecule has 3 rings (SSSR count). The van der Waals surface area contributed by atoms with Gasteiger partial charge in [-0.25, -0.2) is 13.1 Å². The zero-order valence-electron chi connectivity index (χ0n) is 15.9. The highest BCUT2D eigenvalue weighted by atomic mass is 32.2. The van der Waals surface area contributed by atoms with Gasteiger partial charge in [0.2, 0.25) is 10.0 Å². The minimum absolute atomic E-state index is 0.0254. The molecule has 0 atom stereocenters. The van der Waals surface area contributed by atoms with Gasteiger partial charge in [0.1, 0.15) is 11.4 Å². The Bertz CT molecular complexity index is 1060. The number of aryl methyl sites for hydroxylation is 1. The van der Waals surface area contributed by atoms with Crippen molar-refractivity contribution in [3.63, 3.8) is 0 Å². The fourth-order valence-corrected chi connectivity index (χ4v) is 4.93. The molecular formula is C16H20N6O6S. The monoisotopic (exact) mass is 424 g/mol. The van der Waals surface area contributed by atoms with Crippen LogP contribution in [0.5, 0.6) is 0 Å². The van der Waals surface area contributed by atoms with Crippen molar-refractivity contribution in [3.05, 3.63) is 55.9 Å². The van der Waals surface area contributed by atoms with Gasteiger partial charge in [-0.05, 0) is 19.9 Å². The van der Waals surface area contributed by atoms with Gasteiger partial charge in [0.25, 0.3) is 5.69 Å². The van der Waals surface area contributed by atoms with Crippen molar-refractivity contribution in [2.24, 2.45) is 0 Å². The van der Waals surface area contributed by atoms with Crippen LogP contribution in [0.4, 0.5) is 11.4 Å². The number of nitro benzene ring substituents is 1. The van der Waals surface area contributed by atoms with Crippen LogP contribution in [0.15, 0.2) is 29.2 Å². The number of hydrogen-bond donors (Lipinski definition) is 0. The zero-order chi connectivity index (χ0) is 21.3. The molecule has 0 aliphatic carbocycles. The molecule has 0 amide bonds. The van der Waals surface area contributed by atoms with Crippen molar-refractivity contribution in [3.8, 4) is 0 Å². The number of para-hydroxylation sites is 1. The van der Waals surface area contributed by atoms with Gasteiger partial charge in [0.05, 0.1) is 16.5 Å². The maximum atomic E-state index is 12.9. The van der Waals surface area contributed by atoms with Crippen molar-refractivity contribution in [1.29, 1.82) is 0 Å². The van der Waals surface area contributed by atoms with Crippen molar-refractivity contribution in [1.82, 2.24) is 19.0 Å². The highest BCUT2D eigenvalue weighted by molar-refractivity contribution is 7.89. The number of aromatic nitrogens is 2. The molecule has 1 saturated heterocycles. The predicted octanol–water partition coefficient (Wildman–Crippen LogP) is 1.28. The van der Waals surface area contributed by atoms with E-state index in [0.29, 0.717) is 31.1 Å². The van der Waals surface area contributed by atoms with Gasteiger partial charge in [-0.1, -0.05) is 12.1 Å². The smallest absolute Gasteiger partial charge is 0.282 e. The average Bonchev–Trinajstić information content (AvgIpc) is 2.95. The molecule has 12 nitrogen and oxygen atoms in total. The summed E-state index contributed by atoms with van der Waals surface area (Å²) in [6, 6.07) is 5.27. The Morgan fingerprint density at radius 2 is 1.66 bits per heavy atom. The van der Waals surface area contributed by atoms with Gasteiger partial charge in [-0.2, -0.15) is 9.40 Å². The standard InChI is InChI=1S/C16H20N6O6S/c1-12-16(22(25)26)13(2)20(17-12)11-18-7-9-19(10-8-18)29(27,28)15-6-4-3-5-14(15)21(23)24/h3-6H,7-11H2,1-2H3. The van der Waals surface area contributed by atoms with E-state index in [2.05, 4.69) is 5.10 Å². The molecule has 0 saturated carbocycles. The Morgan fingerprint density at radius 3 is 2.21 bits per heavy atom. The van der Waals surface area contributed by atoms with Crippen LogP contribution in [0.2, 0.25) is 0 Å². The third kappa shape index (κ3) is 3.97. The molecule has 1 aromatic carbocycles. The molecule has 1 aliphatic heterocycles. The molecule has 29 heavy (non-hydrogen) atoms. The maximum absolute atomic E-state index is 12.9. The fraction of sp³-hybridized carbons (Fsp3) is 0.438. The number of hydrogen-bond acceptors (Lipinski definition) is 8. The number of piperazine rings is 1. The molecule has 0 bridgehead atoms. The fourth-order valence-electron chi connectivity index (χ4n) is 3.36. The number of nitro groups is 2. The minimum atomic E-state index is -4.00. The summed E-state index contributed by atoms with van der Waals surface area (Å²) in [5, 5.41) is 26.5. The molecule has 0 radical (unpaired) electrons. The second-order valence-corrected chi connectivity index (χ2v) is 8.57. The van der Waals surface area contributed by atoms with Gasteiger partial charge < -0.3 is 0 Å². The van der Waals surface area contributed by atoms with Gasteiger partial charge in [-0.15, -0.1) is 0 Å². The van der Waals surface area contributed by atoms with E-state index in [1.807, 2.05) is 4.90 Å². The molecule has 0 spiro atoms. The van der Waals surface area contributed by atoms with E-state index < -0.39 is 25.6 Å². The molecule has 156 valence electrons. The molecule has 2 heterocycles. The van der Waals surface area contributed by atoms with Crippen LogP contribution in [0.1, 0.15) is 11.4 Å². The Labute approximate surface area is 166 Å². The second-order valence-electron chi connectivity index (χ2n) is 6.66. The predicted molar refractivity (Wildman–Crippen MR) is 102 cm³/mol. The van der Waals surface area contributed by atoms with E-state index in [1.165, 1.54) is 33.3 Å². The summed E-state index contributed by atoms with van der Waals surface area (Å²) >= 11 is 0. The number of rotatable bonds is 6. The van der Waals surface area contributed by atoms with E-state index in [4.69, 9.17) is 0 Å². The van der Waals surface area contributed by atoms with Gasteiger partial charge in [-0.3, -0.25) is 25.1 Å². The van der Waals surface area contributed by atoms with Crippen molar-refractivity contribution < 1.29 is 18.3 Å². The van der Waals surface area contributed by atoms with E-state index in [1.54, 1.807) is 13.8 Å². The van der Waals surface area contributed by atoms with Crippen LogP contribution in [0, 0.1) is 34.1 Å². The van der Waals surface area contributed by atoms with Gasteiger partial charge >= 0.3 is 5.69 Å². The van der Waals surface area contributed by atoms with Crippen LogP contribution >= 0.6 is 0 Å². The third-order valence-electron chi connectivity index (χ3n) is 4.87. The lowest BCUT2D eigenvalue weighted by atomic mass is 10.3. The van der Waals surface area contributed by atoms with E-state index >= 15 is 0 Å². The summed E-state index contributed by atoms with van der Waals surface area (Å²) in [5.74, 6) is 0. The molecule has 0 N–H and O–H groups in total. The highest BCUT2D eigenvalue weighted by Crippen LogP contribution is 2.27. The minimum Gasteiger partial charge on any atom is -0.282 e. The normalized spacial score (nSPS) is 16.1. The van der Waals surface area contributed by atoms with Crippen LogP contribution < -0.4 is 0 Å². The lowest BCUT2D eigenvalue weighted by Gasteiger charge is -2.33. The summed E-state index contributed by atoms with van der Waals surface area (Å²) < 4.78 is 28.5. The third-order valence-corrected chi connectivity index (χ3v) is 6.82. The quantitative estimate of drug-likeness (QED) is 0.498. The Morgan fingerprint density at radius 1 is 1.03 bits per heavy atom. The van der Waals surface area contributed by atoms with Crippen LogP contribution in [0.3, 0.4) is 0 Å². The molecule has 2 aromatic rings. The van der Waals surface area contributed by atoms with Crippen molar-refractivity contribution in [2.75, 3.05) is 26.2 Å². The van der Waals surface area contributed by atoms with Crippen LogP contribution in [-0.4, -0.2) is 63.4 Å². The molecule has 1 aliphatic rings. The van der Waals surface area contributed by atoms with E-state index in [-0.39, 0.29) is 23.7 Å². The molecule has 1 aromatic heterocycles. The maximum Gasteiger partial charge on any atom is 0.312 e. The first kappa shape index (κ1) is 20.8. The average molecular weight is 424 g/mol. The SMILES string of the molecule is Cc1nn(CN2CCN(S(=O)(=O)c3ccccc3[N+](=O)[O-])CC2)c(C)c1[N+](=O)[O-]. The number of nitrogens with zero attached hydrogens (tertiary/aromatic N) is 6. The number of sulfonamides is 1. The Balaban J connectivity index is 1.72. The summed E-state index contributed by atoms with van der Waals surface area (Å²) in [6.45, 7) is 4.51. The Kier molecular flexibility index (Phi) is 5.64. The first-order valence-corrected chi connectivity index (χ1v) is 10.2. The van der Waals surface area contributed by atoms with Gasteiger partial charge in [0.15, 0.2) is 4.90 Å². The summed E-state index contributed by atoms with van der Waals surface area (Å²) in [6.07, 6.45) is 0. The van der Waals surface area contributed by atoms with Crippen molar-refractivity contribution >= 4 is 21.4 Å². The zero-order valence-corrected chi connectivity index (χ0v) is 16.7. The summed E-state index contributed by atoms with van der Waals surface area (Å²) in [7, 11) is -4.00. The molecule has 13 heteroatoms. The van der Waals surface area contributed by atoms with E-state index in [9.17, 15) is 28.6 Å². The first-order chi connectivity index (χ1) is 13.6. The lowest BCUT2D eigenvalue weighted by molar-refractivity contribution is -0.387. The first-order valence-electron chi connectivity index (χ1n) is 8.77. The number of benzene rings is 1. The van der Waals surface area contributed by atoms with Gasteiger partial charge in [0, 0.05) is 32.2 Å².